The van der Waals surface area contributed by atoms with Crippen molar-refractivity contribution in [3.63, 3.8) is 0 Å². The van der Waals surface area contributed by atoms with E-state index in [1.165, 1.54) is 31.2 Å². The van der Waals surface area contributed by atoms with Gasteiger partial charge in [0.05, 0.1) is 0 Å². The zero-order valence-corrected chi connectivity index (χ0v) is 12.8. The summed E-state index contributed by atoms with van der Waals surface area (Å²) >= 11 is 0. The van der Waals surface area contributed by atoms with Crippen molar-refractivity contribution in [2.24, 2.45) is 11.8 Å². The molecule has 2 bridgehead atoms. The van der Waals surface area contributed by atoms with Gasteiger partial charge in [0.25, 0.3) is 5.91 Å². The zero-order valence-electron chi connectivity index (χ0n) is 12.8. The third-order valence-electron chi connectivity index (χ3n) is 5.07. The highest BCUT2D eigenvalue weighted by Gasteiger charge is 2.40. The Bertz CT molecular complexity index is 497. The third kappa shape index (κ3) is 2.61. The summed E-state index contributed by atoms with van der Waals surface area (Å²) in [5.74, 6) is 1.70. The van der Waals surface area contributed by atoms with E-state index in [0.717, 1.165) is 17.4 Å². The Balaban J connectivity index is 1.65. The van der Waals surface area contributed by atoms with E-state index in [0.29, 0.717) is 6.04 Å². The van der Waals surface area contributed by atoms with Gasteiger partial charge in [0.1, 0.15) is 0 Å². The molecule has 0 heterocycles. The minimum absolute atomic E-state index is 0.100. The Kier molecular flexibility index (Phi) is 3.35. The highest BCUT2D eigenvalue weighted by molar-refractivity contribution is 5.94. The molecule has 1 aromatic carbocycles. The van der Waals surface area contributed by atoms with Crippen LogP contribution in [0, 0.1) is 11.8 Å². The fraction of sp³-hybridized carbons (Fsp3) is 0.611. The minimum atomic E-state index is 0.100. The van der Waals surface area contributed by atoms with Crippen LogP contribution < -0.4 is 5.32 Å². The minimum Gasteiger partial charge on any atom is -0.349 e. The molecule has 0 radical (unpaired) electrons. The van der Waals surface area contributed by atoms with E-state index >= 15 is 0 Å². The molecule has 0 spiro atoms. The molecule has 108 valence electrons. The maximum absolute atomic E-state index is 12.3. The van der Waals surface area contributed by atoms with E-state index in [4.69, 9.17) is 0 Å². The number of carbonyl (C=O) groups excluding carboxylic acids is 1. The van der Waals surface area contributed by atoms with Crippen LogP contribution in [0.4, 0.5) is 0 Å². The van der Waals surface area contributed by atoms with Gasteiger partial charge in [-0.15, -0.1) is 0 Å². The number of benzene rings is 1. The molecule has 1 aromatic rings. The van der Waals surface area contributed by atoms with Gasteiger partial charge in [-0.05, 0) is 54.2 Å². The molecule has 0 aliphatic heterocycles. The first-order valence-electron chi connectivity index (χ1n) is 7.85. The number of amides is 1. The lowest BCUT2D eigenvalue weighted by molar-refractivity contribution is 0.0923. The monoisotopic (exact) mass is 271 g/mol. The summed E-state index contributed by atoms with van der Waals surface area (Å²) in [6.45, 7) is 6.58. The Hall–Kier alpha value is -1.31. The molecule has 2 aliphatic rings. The predicted molar refractivity (Wildman–Crippen MR) is 81.8 cm³/mol. The second-order valence-electron chi connectivity index (χ2n) is 7.58. The number of carbonyl (C=O) groups is 1. The number of rotatable bonds is 2. The molecule has 1 amide bonds. The summed E-state index contributed by atoms with van der Waals surface area (Å²) in [6, 6.07) is 8.50. The molecule has 0 unspecified atom stereocenters. The van der Waals surface area contributed by atoms with Gasteiger partial charge < -0.3 is 5.32 Å². The van der Waals surface area contributed by atoms with Crippen molar-refractivity contribution in [2.45, 2.75) is 57.9 Å². The van der Waals surface area contributed by atoms with Crippen molar-refractivity contribution in [1.29, 1.82) is 0 Å². The first-order chi connectivity index (χ1) is 9.43. The number of nitrogens with one attached hydrogen (secondary N) is 1. The fourth-order valence-electron chi connectivity index (χ4n) is 3.79. The maximum atomic E-state index is 12.3. The molecule has 2 aliphatic carbocycles. The molecule has 0 aromatic heterocycles. The highest BCUT2D eigenvalue weighted by Crippen LogP contribution is 2.44. The molecule has 0 saturated heterocycles. The zero-order chi connectivity index (χ0) is 14.3. The maximum Gasteiger partial charge on any atom is 0.251 e. The van der Waals surface area contributed by atoms with Crippen LogP contribution >= 0.6 is 0 Å². The van der Waals surface area contributed by atoms with Crippen LogP contribution in [0.15, 0.2) is 24.3 Å². The SMILES string of the molecule is CC(C)(C)c1ccc(C(=O)N[C@@H]2C[C@@H]3CC[C@H]2C3)cc1. The van der Waals surface area contributed by atoms with Gasteiger partial charge in [0.2, 0.25) is 0 Å². The van der Waals surface area contributed by atoms with Crippen LogP contribution in [0.3, 0.4) is 0 Å². The van der Waals surface area contributed by atoms with Gasteiger partial charge in [-0.1, -0.05) is 39.3 Å². The summed E-state index contributed by atoms with van der Waals surface area (Å²) in [7, 11) is 0. The molecule has 3 rings (SSSR count). The van der Waals surface area contributed by atoms with Crippen LogP contribution in [0.5, 0.6) is 0 Å². The Morgan fingerprint density at radius 3 is 2.30 bits per heavy atom. The second kappa shape index (κ2) is 4.91. The van der Waals surface area contributed by atoms with Crippen molar-refractivity contribution in [3.05, 3.63) is 35.4 Å². The van der Waals surface area contributed by atoms with Gasteiger partial charge in [-0.25, -0.2) is 0 Å². The number of hydrogen-bond acceptors (Lipinski definition) is 1. The first kappa shape index (κ1) is 13.7. The second-order valence-corrected chi connectivity index (χ2v) is 7.58. The topological polar surface area (TPSA) is 29.1 Å². The quantitative estimate of drug-likeness (QED) is 0.868. The van der Waals surface area contributed by atoms with Crippen molar-refractivity contribution in [3.8, 4) is 0 Å². The molecule has 20 heavy (non-hydrogen) atoms. The van der Waals surface area contributed by atoms with Crippen LogP contribution in [-0.4, -0.2) is 11.9 Å². The molecule has 2 fully saturated rings. The van der Waals surface area contributed by atoms with Crippen LogP contribution in [0.25, 0.3) is 0 Å². The average molecular weight is 271 g/mol. The fourth-order valence-corrected chi connectivity index (χ4v) is 3.79. The molecule has 2 heteroatoms. The van der Waals surface area contributed by atoms with E-state index in [1.807, 2.05) is 12.1 Å². The van der Waals surface area contributed by atoms with E-state index in [1.54, 1.807) is 0 Å². The molecular formula is C18H25NO. The van der Waals surface area contributed by atoms with Gasteiger partial charge in [-0.3, -0.25) is 4.79 Å². The van der Waals surface area contributed by atoms with E-state index < -0.39 is 0 Å². The van der Waals surface area contributed by atoms with Crippen molar-refractivity contribution < 1.29 is 4.79 Å². The number of fused-ring (bicyclic) bond motifs is 2. The van der Waals surface area contributed by atoms with Crippen molar-refractivity contribution >= 4 is 5.91 Å². The number of hydrogen-bond donors (Lipinski definition) is 1. The summed E-state index contributed by atoms with van der Waals surface area (Å²) in [5.41, 5.74) is 2.20. The molecule has 1 N–H and O–H groups in total. The molecular weight excluding hydrogens is 246 g/mol. The Morgan fingerprint density at radius 1 is 1.10 bits per heavy atom. The lowest BCUT2D eigenvalue weighted by atomic mass is 9.86. The van der Waals surface area contributed by atoms with Crippen LogP contribution in [0.1, 0.15) is 62.4 Å². The Morgan fingerprint density at radius 2 is 1.80 bits per heavy atom. The van der Waals surface area contributed by atoms with Gasteiger partial charge in [0, 0.05) is 11.6 Å². The summed E-state index contributed by atoms with van der Waals surface area (Å²) in [4.78, 5) is 12.3. The normalized spacial score (nSPS) is 28.6. The molecule has 2 saturated carbocycles. The smallest absolute Gasteiger partial charge is 0.251 e. The largest absolute Gasteiger partial charge is 0.349 e. The molecule has 2 nitrogen and oxygen atoms in total. The summed E-state index contributed by atoms with van der Waals surface area (Å²) in [6.07, 6.45) is 5.19. The Labute approximate surface area is 122 Å². The average Bonchev–Trinajstić information content (AvgIpc) is 3.00. The van der Waals surface area contributed by atoms with Crippen LogP contribution in [0.2, 0.25) is 0 Å². The van der Waals surface area contributed by atoms with Gasteiger partial charge in [-0.2, -0.15) is 0 Å². The van der Waals surface area contributed by atoms with E-state index in [-0.39, 0.29) is 11.3 Å². The summed E-state index contributed by atoms with van der Waals surface area (Å²) in [5, 5.41) is 3.25. The van der Waals surface area contributed by atoms with Gasteiger partial charge in [0.15, 0.2) is 0 Å². The first-order valence-corrected chi connectivity index (χ1v) is 7.85. The highest BCUT2D eigenvalue weighted by atomic mass is 16.1. The third-order valence-corrected chi connectivity index (χ3v) is 5.07. The molecule has 3 atom stereocenters. The van der Waals surface area contributed by atoms with E-state index in [9.17, 15) is 4.79 Å². The lowest BCUT2D eigenvalue weighted by Gasteiger charge is -2.23. The summed E-state index contributed by atoms with van der Waals surface area (Å²) < 4.78 is 0. The van der Waals surface area contributed by atoms with E-state index in [2.05, 4.69) is 38.2 Å². The van der Waals surface area contributed by atoms with Gasteiger partial charge >= 0.3 is 0 Å². The predicted octanol–water partition coefficient (Wildman–Crippen LogP) is 3.90. The van der Waals surface area contributed by atoms with Crippen molar-refractivity contribution in [2.75, 3.05) is 0 Å². The van der Waals surface area contributed by atoms with Crippen molar-refractivity contribution in [1.82, 2.24) is 5.32 Å². The van der Waals surface area contributed by atoms with Crippen LogP contribution in [-0.2, 0) is 5.41 Å². The standard InChI is InChI=1S/C18H25NO/c1-18(2,3)15-8-6-13(7-9-15)17(20)19-16-11-12-4-5-14(16)10-12/h6-9,12,14,16H,4-5,10-11H2,1-3H3,(H,19,20)/t12-,14+,16-/m1/s1. The lowest BCUT2D eigenvalue weighted by Crippen LogP contribution is -2.38.